The predicted octanol–water partition coefficient (Wildman–Crippen LogP) is 1.84. The van der Waals surface area contributed by atoms with Gasteiger partial charge in [0.25, 0.3) is 0 Å². The third-order valence-electron chi connectivity index (χ3n) is 1.61. The van der Waals surface area contributed by atoms with Gasteiger partial charge in [0.1, 0.15) is 5.52 Å². The summed E-state index contributed by atoms with van der Waals surface area (Å²) >= 11 is 0. The average Bonchev–Trinajstić information content (AvgIpc) is 2.31. The van der Waals surface area contributed by atoms with Crippen LogP contribution in [0.3, 0.4) is 0 Å². The molecule has 56 valence electrons. The summed E-state index contributed by atoms with van der Waals surface area (Å²) in [7, 11) is 0. The summed E-state index contributed by atoms with van der Waals surface area (Å²) in [4.78, 5) is 8.22. The summed E-state index contributed by atoms with van der Waals surface area (Å²) in [6.07, 6.45) is 1.72. The molecule has 0 unspecified atom stereocenters. The van der Waals surface area contributed by atoms with Gasteiger partial charge in [0.15, 0.2) is 5.89 Å². The smallest absolute Gasteiger partial charge is 0.247 e. The van der Waals surface area contributed by atoms with Crippen LogP contribution in [0.2, 0.25) is 0 Å². The fourth-order valence-corrected chi connectivity index (χ4v) is 1.06. The molecule has 0 radical (unpaired) electrons. The number of hydrogen-bond donors (Lipinski definition) is 0. The molecule has 2 aromatic heterocycles. The first-order valence-electron chi connectivity index (χ1n) is 3.46. The van der Waals surface area contributed by atoms with E-state index in [1.54, 1.807) is 6.20 Å². The number of hydrogen-bond acceptors (Lipinski definition) is 3. The van der Waals surface area contributed by atoms with E-state index in [4.69, 9.17) is 4.42 Å². The number of nitrogens with zero attached hydrogens (tertiary/aromatic N) is 2. The van der Waals surface area contributed by atoms with Gasteiger partial charge in [-0.2, -0.15) is 0 Å². The molecule has 0 saturated carbocycles. The monoisotopic (exact) mass is 148 g/mol. The summed E-state index contributed by atoms with van der Waals surface area (Å²) in [6.45, 7) is 3.81. The standard InChI is InChI=1S/C8H8N2O/c1-5-3-4-9-8-7(5)10-6(2)11-8/h3-4H,1-2H3. The maximum absolute atomic E-state index is 5.23. The van der Waals surface area contributed by atoms with E-state index in [9.17, 15) is 0 Å². The highest BCUT2D eigenvalue weighted by molar-refractivity contribution is 5.71. The fourth-order valence-electron chi connectivity index (χ4n) is 1.06. The zero-order chi connectivity index (χ0) is 7.84. The average molecular weight is 148 g/mol. The summed E-state index contributed by atoms with van der Waals surface area (Å²) < 4.78 is 5.23. The van der Waals surface area contributed by atoms with E-state index < -0.39 is 0 Å². The second kappa shape index (κ2) is 2.05. The highest BCUT2D eigenvalue weighted by Crippen LogP contribution is 2.15. The SMILES string of the molecule is Cc1nc2c(C)ccnc2o1. The van der Waals surface area contributed by atoms with Crippen LogP contribution in [0, 0.1) is 13.8 Å². The van der Waals surface area contributed by atoms with Crippen molar-refractivity contribution in [3.8, 4) is 0 Å². The van der Waals surface area contributed by atoms with Crippen molar-refractivity contribution < 1.29 is 4.42 Å². The number of fused-ring (bicyclic) bond motifs is 1. The molecule has 0 atom stereocenters. The lowest BCUT2D eigenvalue weighted by molar-refractivity contribution is 0.551. The van der Waals surface area contributed by atoms with Crippen LogP contribution in [0.25, 0.3) is 11.2 Å². The van der Waals surface area contributed by atoms with E-state index in [1.165, 1.54) is 0 Å². The lowest BCUT2D eigenvalue weighted by atomic mass is 10.3. The molecule has 0 saturated heterocycles. The minimum Gasteiger partial charge on any atom is -0.423 e. The van der Waals surface area contributed by atoms with E-state index in [0.717, 1.165) is 11.1 Å². The lowest BCUT2D eigenvalue weighted by Crippen LogP contribution is -1.77. The fraction of sp³-hybridized carbons (Fsp3) is 0.250. The van der Waals surface area contributed by atoms with Crippen LogP contribution in [0.15, 0.2) is 16.7 Å². The third kappa shape index (κ3) is 0.888. The molecule has 0 aliphatic rings. The Balaban J connectivity index is 2.90. The van der Waals surface area contributed by atoms with Crippen LogP contribution in [-0.4, -0.2) is 9.97 Å². The first kappa shape index (κ1) is 6.34. The Morgan fingerprint density at radius 3 is 2.91 bits per heavy atom. The highest BCUT2D eigenvalue weighted by atomic mass is 16.4. The minimum absolute atomic E-state index is 0.627. The maximum Gasteiger partial charge on any atom is 0.247 e. The summed E-state index contributed by atoms with van der Waals surface area (Å²) in [5.41, 5.74) is 2.60. The lowest BCUT2D eigenvalue weighted by Gasteiger charge is -1.87. The molecule has 0 N–H and O–H groups in total. The molecule has 11 heavy (non-hydrogen) atoms. The van der Waals surface area contributed by atoms with Crippen LogP contribution in [0.5, 0.6) is 0 Å². The van der Waals surface area contributed by atoms with E-state index in [-0.39, 0.29) is 0 Å². The van der Waals surface area contributed by atoms with E-state index in [1.807, 2.05) is 19.9 Å². The Labute approximate surface area is 64.1 Å². The van der Waals surface area contributed by atoms with Crippen molar-refractivity contribution in [1.82, 2.24) is 9.97 Å². The van der Waals surface area contributed by atoms with Gasteiger partial charge in [0, 0.05) is 13.1 Å². The van der Waals surface area contributed by atoms with Crippen LogP contribution in [-0.2, 0) is 0 Å². The molecule has 0 amide bonds. The van der Waals surface area contributed by atoms with Crippen molar-refractivity contribution >= 4 is 11.2 Å². The second-order valence-corrected chi connectivity index (χ2v) is 2.51. The van der Waals surface area contributed by atoms with Crippen molar-refractivity contribution in [2.24, 2.45) is 0 Å². The number of rotatable bonds is 0. The molecular formula is C8H8N2O. The van der Waals surface area contributed by atoms with Gasteiger partial charge in [-0.1, -0.05) is 0 Å². The molecule has 0 aromatic carbocycles. The van der Waals surface area contributed by atoms with Crippen molar-refractivity contribution in [2.45, 2.75) is 13.8 Å². The second-order valence-electron chi connectivity index (χ2n) is 2.51. The minimum atomic E-state index is 0.627. The Hall–Kier alpha value is -1.38. The van der Waals surface area contributed by atoms with Gasteiger partial charge < -0.3 is 4.42 Å². The van der Waals surface area contributed by atoms with E-state index >= 15 is 0 Å². The Morgan fingerprint density at radius 1 is 1.36 bits per heavy atom. The quantitative estimate of drug-likeness (QED) is 0.572. The molecular weight excluding hydrogens is 140 g/mol. The van der Waals surface area contributed by atoms with Crippen molar-refractivity contribution in [3.05, 3.63) is 23.7 Å². The first-order valence-corrected chi connectivity index (χ1v) is 3.46. The van der Waals surface area contributed by atoms with Crippen molar-refractivity contribution in [2.75, 3.05) is 0 Å². The maximum atomic E-state index is 5.23. The molecule has 3 nitrogen and oxygen atoms in total. The van der Waals surface area contributed by atoms with Crippen LogP contribution >= 0.6 is 0 Å². The zero-order valence-electron chi connectivity index (χ0n) is 6.46. The first-order chi connectivity index (χ1) is 5.27. The molecule has 2 aromatic rings. The normalized spacial score (nSPS) is 10.7. The van der Waals surface area contributed by atoms with E-state index in [0.29, 0.717) is 11.6 Å². The summed E-state index contributed by atoms with van der Waals surface area (Å²) in [6, 6.07) is 1.92. The molecule has 2 heterocycles. The van der Waals surface area contributed by atoms with Crippen LogP contribution < -0.4 is 0 Å². The van der Waals surface area contributed by atoms with Crippen LogP contribution in [0.1, 0.15) is 11.5 Å². The topological polar surface area (TPSA) is 38.9 Å². The molecule has 0 fully saturated rings. The number of aryl methyl sites for hydroxylation is 2. The third-order valence-corrected chi connectivity index (χ3v) is 1.61. The highest BCUT2D eigenvalue weighted by Gasteiger charge is 2.03. The molecule has 0 aliphatic carbocycles. The van der Waals surface area contributed by atoms with E-state index in [2.05, 4.69) is 9.97 Å². The van der Waals surface area contributed by atoms with Gasteiger partial charge in [-0.05, 0) is 18.6 Å². The summed E-state index contributed by atoms with van der Waals surface area (Å²) in [5.74, 6) is 0.668. The Bertz CT molecular complexity index is 392. The predicted molar refractivity (Wildman–Crippen MR) is 41.3 cm³/mol. The molecule has 0 bridgehead atoms. The Kier molecular flexibility index (Phi) is 1.18. The molecule has 0 aliphatic heterocycles. The molecule has 2 rings (SSSR count). The van der Waals surface area contributed by atoms with Gasteiger partial charge >= 0.3 is 0 Å². The van der Waals surface area contributed by atoms with Gasteiger partial charge in [-0.15, -0.1) is 0 Å². The van der Waals surface area contributed by atoms with Gasteiger partial charge in [-0.25, -0.2) is 9.97 Å². The number of oxazole rings is 1. The van der Waals surface area contributed by atoms with Crippen molar-refractivity contribution in [1.29, 1.82) is 0 Å². The summed E-state index contributed by atoms with van der Waals surface area (Å²) in [5, 5.41) is 0. The van der Waals surface area contributed by atoms with Crippen LogP contribution in [0.4, 0.5) is 0 Å². The number of aromatic nitrogens is 2. The Morgan fingerprint density at radius 2 is 2.18 bits per heavy atom. The number of pyridine rings is 1. The van der Waals surface area contributed by atoms with Gasteiger partial charge in [0.05, 0.1) is 0 Å². The molecule has 0 spiro atoms. The largest absolute Gasteiger partial charge is 0.423 e. The van der Waals surface area contributed by atoms with Crippen molar-refractivity contribution in [3.63, 3.8) is 0 Å². The van der Waals surface area contributed by atoms with Gasteiger partial charge in [-0.3, -0.25) is 0 Å². The van der Waals surface area contributed by atoms with Gasteiger partial charge in [0.2, 0.25) is 5.71 Å². The molecule has 3 heteroatoms. The zero-order valence-corrected chi connectivity index (χ0v) is 6.46.